The number of urea groups is 1. The molecule has 2 aromatic carbocycles. The third kappa shape index (κ3) is 5.31. The monoisotopic (exact) mass is 382 g/mol. The van der Waals surface area contributed by atoms with E-state index in [2.05, 4.69) is 15.6 Å². The van der Waals surface area contributed by atoms with Crippen LogP contribution in [0.1, 0.15) is 25.7 Å². The number of fused-ring (bicyclic) bond motifs is 1. The Hall–Kier alpha value is -3.39. The molecule has 8 heteroatoms. The summed E-state index contributed by atoms with van der Waals surface area (Å²) in [4.78, 5) is 27.4. The Bertz CT molecular complexity index is 921. The topological polar surface area (TPSA) is 116 Å². The number of amides is 3. The quantitative estimate of drug-likeness (QED) is 0.269. The molecule has 1 aromatic heterocycles. The lowest BCUT2D eigenvalue weighted by Crippen LogP contribution is -2.29. The van der Waals surface area contributed by atoms with Gasteiger partial charge in [0.05, 0.1) is 0 Å². The Morgan fingerprint density at radius 3 is 2.71 bits per heavy atom. The Morgan fingerprint density at radius 1 is 1.04 bits per heavy atom. The maximum Gasteiger partial charge on any atom is 0.319 e. The highest BCUT2D eigenvalue weighted by Gasteiger charge is 2.09. The molecule has 1 heterocycles. The molecule has 28 heavy (non-hydrogen) atoms. The molecule has 0 bridgehead atoms. The lowest BCUT2D eigenvalue weighted by Gasteiger charge is -2.08. The number of hydroxylamine groups is 1. The van der Waals surface area contributed by atoms with Gasteiger partial charge < -0.3 is 15.1 Å². The van der Waals surface area contributed by atoms with Crippen LogP contribution in [-0.2, 0) is 4.79 Å². The van der Waals surface area contributed by atoms with Gasteiger partial charge in [0.2, 0.25) is 11.8 Å². The minimum atomic E-state index is -0.399. The SMILES string of the molecule is O=C(CCCCCNC(=O)Nc1cccc(-c2nc3ccccc3o2)c1)NO. The maximum absolute atomic E-state index is 12.0. The molecule has 0 aliphatic carbocycles. The van der Waals surface area contributed by atoms with Gasteiger partial charge in [-0.15, -0.1) is 0 Å². The van der Waals surface area contributed by atoms with Crippen molar-refractivity contribution < 1.29 is 19.2 Å². The van der Waals surface area contributed by atoms with Gasteiger partial charge in [0.25, 0.3) is 0 Å². The van der Waals surface area contributed by atoms with Crippen LogP contribution >= 0.6 is 0 Å². The van der Waals surface area contributed by atoms with Crippen molar-refractivity contribution in [2.45, 2.75) is 25.7 Å². The van der Waals surface area contributed by atoms with Crippen LogP contribution in [0.5, 0.6) is 0 Å². The molecule has 0 radical (unpaired) electrons. The van der Waals surface area contributed by atoms with Crippen LogP contribution in [0.2, 0.25) is 0 Å². The summed E-state index contributed by atoms with van der Waals surface area (Å²) in [5, 5.41) is 14.0. The molecule has 0 saturated heterocycles. The second-order valence-corrected chi connectivity index (χ2v) is 6.29. The van der Waals surface area contributed by atoms with Crippen LogP contribution in [0.4, 0.5) is 10.5 Å². The van der Waals surface area contributed by atoms with Crippen LogP contribution in [0.25, 0.3) is 22.6 Å². The summed E-state index contributed by atoms with van der Waals surface area (Å²) < 4.78 is 5.76. The van der Waals surface area contributed by atoms with Crippen LogP contribution < -0.4 is 16.1 Å². The fourth-order valence-electron chi connectivity index (χ4n) is 2.75. The number of unbranched alkanes of at least 4 members (excludes halogenated alkanes) is 2. The maximum atomic E-state index is 12.0. The largest absolute Gasteiger partial charge is 0.436 e. The van der Waals surface area contributed by atoms with Gasteiger partial charge in [-0.25, -0.2) is 15.3 Å². The third-order valence-corrected chi connectivity index (χ3v) is 4.15. The molecule has 3 rings (SSSR count). The Balaban J connectivity index is 1.49. The molecule has 4 N–H and O–H groups in total. The highest BCUT2D eigenvalue weighted by atomic mass is 16.5. The molecule has 0 saturated carbocycles. The number of nitrogens with zero attached hydrogens (tertiary/aromatic N) is 1. The van der Waals surface area contributed by atoms with E-state index in [-0.39, 0.29) is 12.5 Å². The average Bonchev–Trinajstić information content (AvgIpc) is 3.15. The van der Waals surface area contributed by atoms with E-state index in [1.54, 1.807) is 17.6 Å². The zero-order chi connectivity index (χ0) is 19.8. The van der Waals surface area contributed by atoms with E-state index in [1.807, 2.05) is 36.4 Å². The normalized spacial score (nSPS) is 10.6. The van der Waals surface area contributed by atoms with Gasteiger partial charge in [-0.2, -0.15) is 0 Å². The number of carbonyl (C=O) groups excluding carboxylic acids is 2. The average molecular weight is 382 g/mol. The Kier molecular flexibility index (Phi) is 6.59. The lowest BCUT2D eigenvalue weighted by atomic mass is 10.2. The van der Waals surface area contributed by atoms with Gasteiger partial charge in [0.1, 0.15) is 5.52 Å². The van der Waals surface area contributed by atoms with E-state index in [4.69, 9.17) is 9.62 Å². The summed E-state index contributed by atoms with van der Waals surface area (Å²) in [5.74, 6) is 0.0988. The zero-order valence-corrected chi connectivity index (χ0v) is 15.3. The van der Waals surface area contributed by atoms with E-state index in [0.29, 0.717) is 30.1 Å². The van der Waals surface area contributed by atoms with Gasteiger partial charge in [-0.3, -0.25) is 10.0 Å². The number of hydrogen-bond donors (Lipinski definition) is 4. The minimum Gasteiger partial charge on any atom is -0.436 e. The summed E-state index contributed by atoms with van der Waals surface area (Å²) in [6, 6.07) is 14.5. The van der Waals surface area contributed by atoms with Crippen molar-refractivity contribution in [1.82, 2.24) is 15.8 Å². The van der Waals surface area contributed by atoms with E-state index in [0.717, 1.165) is 23.9 Å². The van der Waals surface area contributed by atoms with Crippen molar-refractivity contribution in [3.63, 3.8) is 0 Å². The first-order valence-corrected chi connectivity index (χ1v) is 9.09. The van der Waals surface area contributed by atoms with Crippen molar-refractivity contribution in [2.75, 3.05) is 11.9 Å². The number of aromatic nitrogens is 1. The molecule has 0 fully saturated rings. The van der Waals surface area contributed by atoms with Gasteiger partial charge in [-0.05, 0) is 43.2 Å². The van der Waals surface area contributed by atoms with Gasteiger partial charge >= 0.3 is 6.03 Å². The summed E-state index contributed by atoms with van der Waals surface area (Å²) in [6.07, 6.45) is 2.45. The molecule has 0 unspecified atom stereocenters. The Morgan fingerprint density at radius 2 is 1.89 bits per heavy atom. The second-order valence-electron chi connectivity index (χ2n) is 6.29. The third-order valence-electron chi connectivity index (χ3n) is 4.15. The van der Waals surface area contributed by atoms with Gasteiger partial charge in [-0.1, -0.05) is 24.6 Å². The van der Waals surface area contributed by atoms with E-state index >= 15 is 0 Å². The van der Waals surface area contributed by atoms with Crippen molar-refractivity contribution in [1.29, 1.82) is 0 Å². The minimum absolute atomic E-state index is 0.269. The molecule has 3 aromatic rings. The highest BCUT2D eigenvalue weighted by Crippen LogP contribution is 2.25. The van der Waals surface area contributed by atoms with Crippen molar-refractivity contribution in [3.8, 4) is 11.5 Å². The number of nitrogens with one attached hydrogen (secondary N) is 3. The second kappa shape index (κ2) is 9.52. The van der Waals surface area contributed by atoms with E-state index < -0.39 is 5.91 Å². The Labute approximate surface area is 161 Å². The molecule has 0 spiro atoms. The van der Waals surface area contributed by atoms with Crippen molar-refractivity contribution in [2.24, 2.45) is 0 Å². The number of para-hydroxylation sites is 2. The zero-order valence-electron chi connectivity index (χ0n) is 15.3. The number of rotatable bonds is 8. The molecule has 3 amide bonds. The van der Waals surface area contributed by atoms with Crippen LogP contribution in [-0.4, -0.2) is 28.7 Å². The smallest absolute Gasteiger partial charge is 0.319 e. The molecule has 8 nitrogen and oxygen atoms in total. The molecule has 146 valence electrons. The van der Waals surface area contributed by atoms with E-state index in [9.17, 15) is 9.59 Å². The van der Waals surface area contributed by atoms with Crippen molar-refractivity contribution >= 4 is 28.7 Å². The predicted octanol–water partition coefficient (Wildman–Crippen LogP) is 3.68. The number of benzene rings is 2. The standard InChI is InChI=1S/C20H22N4O4/c25-18(24-27)11-2-1-5-12-21-20(26)22-15-8-6-7-14(13-15)19-23-16-9-3-4-10-17(16)28-19/h3-4,6-10,13,27H,1-2,5,11-12H2,(H,24,25)(H2,21,22,26). The summed E-state index contributed by atoms with van der Waals surface area (Å²) in [6.45, 7) is 0.497. The van der Waals surface area contributed by atoms with Crippen molar-refractivity contribution in [3.05, 3.63) is 48.5 Å². The van der Waals surface area contributed by atoms with Crippen LogP contribution in [0, 0.1) is 0 Å². The highest BCUT2D eigenvalue weighted by molar-refractivity contribution is 5.90. The lowest BCUT2D eigenvalue weighted by molar-refractivity contribution is -0.129. The summed E-state index contributed by atoms with van der Waals surface area (Å²) in [5.41, 5.74) is 4.50. The number of carbonyl (C=O) groups is 2. The first-order chi connectivity index (χ1) is 13.7. The first-order valence-electron chi connectivity index (χ1n) is 9.09. The summed E-state index contributed by atoms with van der Waals surface area (Å²) >= 11 is 0. The molecular formula is C20H22N4O4. The van der Waals surface area contributed by atoms with Gasteiger partial charge in [0, 0.05) is 24.2 Å². The number of anilines is 1. The molecular weight excluding hydrogens is 360 g/mol. The number of oxazole rings is 1. The molecule has 0 aliphatic rings. The van der Waals surface area contributed by atoms with Crippen LogP contribution in [0.3, 0.4) is 0 Å². The molecule has 0 aliphatic heterocycles. The number of hydrogen-bond acceptors (Lipinski definition) is 5. The predicted molar refractivity (Wildman–Crippen MR) is 105 cm³/mol. The van der Waals surface area contributed by atoms with E-state index in [1.165, 1.54) is 0 Å². The fourth-order valence-corrected chi connectivity index (χ4v) is 2.75. The van der Waals surface area contributed by atoms with Gasteiger partial charge in [0.15, 0.2) is 5.58 Å². The molecule has 0 atom stereocenters. The first kappa shape index (κ1) is 19.4. The van der Waals surface area contributed by atoms with Crippen LogP contribution in [0.15, 0.2) is 52.9 Å². The fraction of sp³-hybridized carbons (Fsp3) is 0.250. The summed E-state index contributed by atoms with van der Waals surface area (Å²) in [7, 11) is 0.